The lowest BCUT2D eigenvalue weighted by Gasteiger charge is -2.25. The van der Waals surface area contributed by atoms with Crippen LogP contribution in [0.25, 0.3) is 10.9 Å². The van der Waals surface area contributed by atoms with Crippen molar-refractivity contribution in [3.63, 3.8) is 0 Å². The second kappa shape index (κ2) is 9.46. The molecular weight excluding hydrogens is 464 g/mol. The first-order chi connectivity index (χ1) is 12.8. The minimum absolute atomic E-state index is 0.0112. The molecule has 1 aliphatic heterocycles. The summed E-state index contributed by atoms with van der Waals surface area (Å²) < 4.78 is 14.5. The quantitative estimate of drug-likeness (QED) is 0.277. The first kappa shape index (κ1) is 21.6. The molecule has 0 amide bonds. The van der Waals surface area contributed by atoms with Crippen LogP contribution in [0.3, 0.4) is 0 Å². The first-order valence-electron chi connectivity index (χ1n) is 7.91. The van der Waals surface area contributed by atoms with E-state index in [1.165, 1.54) is 13.0 Å². The van der Waals surface area contributed by atoms with Crippen LogP contribution in [0, 0.1) is 27.3 Å². The molecule has 27 heavy (non-hydrogen) atoms. The Balaban J connectivity index is 0.000000817. The predicted octanol–water partition coefficient (Wildman–Crippen LogP) is 5.05. The van der Waals surface area contributed by atoms with Crippen LogP contribution in [0.4, 0.5) is 15.8 Å². The third kappa shape index (κ3) is 4.76. The molecule has 11 heteroatoms. The maximum atomic E-state index is 14.5. The van der Waals surface area contributed by atoms with E-state index >= 15 is 0 Å². The highest BCUT2D eigenvalue weighted by molar-refractivity contribution is 9.10. The van der Waals surface area contributed by atoms with Crippen LogP contribution in [0.5, 0.6) is 0 Å². The van der Waals surface area contributed by atoms with E-state index in [1.807, 2.05) is 0 Å². The Bertz CT molecular complexity index is 916. The molecule has 0 unspecified atom stereocenters. The topological polar surface area (TPSA) is 104 Å². The third-order valence-electron chi connectivity index (χ3n) is 3.92. The van der Waals surface area contributed by atoms with E-state index in [1.54, 1.807) is 6.07 Å². The average Bonchev–Trinajstić information content (AvgIpc) is 2.62. The summed E-state index contributed by atoms with van der Waals surface area (Å²) in [5.41, 5.74) is -0.297. The van der Waals surface area contributed by atoms with Crippen molar-refractivity contribution in [3.05, 3.63) is 36.6 Å². The molecule has 2 aromatic rings. The number of hydrogen-bond donors (Lipinski definition) is 2. The highest BCUT2D eigenvalue weighted by Gasteiger charge is 2.28. The summed E-state index contributed by atoms with van der Waals surface area (Å²) in [6.07, 6.45) is 1.57. The molecule has 144 valence electrons. The highest BCUT2D eigenvalue weighted by Crippen LogP contribution is 2.42. The molecule has 1 aliphatic rings. The zero-order valence-corrected chi connectivity index (χ0v) is 17.3. The zero-order valence-electron chi connectivity index (χ0n) is 14.2. The van der Waals surface area contributed by atoms with Crippen LogP contribution in [0.2, 0.25) is 10.2 Å². The summed E-state index contributed by atoms with van der Waals surface area (Å²) in [4.78, 5) is 14.7. The summed E-state index contributed by atoms with van der Waals surface area (Å²) in [6.45, 7) is 3.02. The molecule has 0 spiro atoms. The van der Waals surface area contributed by atoms with Crippen LogP contribution >= 0.6 is 39.1 Å². The van der Waals surface area contributed by atoms with Crippen LogP contribution in [-0.4, -0.2) is 29.0 Å². The number of nitrogens with zero attached hydrogens (tertiary/aromatic N) is 3. The lowest BCUT2D eigenvalue weighted by atomic mass is 10.0. The molecule has 0 atom stereocenters. The molecule has 1 aromatic carbocycles. The zero-order chi connectivity index (χ0) is 20.1. The summed E-state index contributed by atoms with van der Waals surface area (Å²) in [7, 11) is 0. The highest BCUT2D eigenvalue weighted by atomic mass is 79.9. The number of pyridine rings is 1. The number of halogens is 4. The van der Waals surface area contributed by atoms with Crippen molar-refractivity contribution in [3.8, 4) is 6.07 Å². The fraction of sp³-hybridized carbons (Fsp3) is 0.375. The van der Waals surface area contributed by atoms with E-state index in [0.29, 0.717) is 0 Å². The fourth-order valence-corrected chi connectivity index (χ4v) is 3.49. The van der Waals surface area contributed by atoms with Gasteiger partial charge in [-0.05, 0) is 47.9 Å². The van der Waals surface area contributed by atoms with Crippen molar-refractivity contribution >= 4 is 61.4 Å². The molecule has 7 nitrogen and oxygen atoms in total. The van der Waals surface area contributed by atoms with Crippen molar-refractivity contribution in [2.75, 3.05) is 18.4 Å². The van der Waals surface area contributed by atoms with E-state index in [2.05, 4.69) is 31.5 Å². The number of aromatic nitrogens is 1. The van der Waals surface area contributed by atoms with Crippen LogP contribution in [0.15, 0.2) is 10.5 Å². The lowest BCUT2D eigenvalue weighted by Crippen LogP contribution is -2.35. The van der Waals surface area contributed by atoms with Gasteiger partial charge in [0.15, 0.2) is 5.82 Å². The lowest BCUT2D eigenvalue weighted by molar-refractivity contribution is -0.384. The van der Waals surface area contributed by atoms with Crippen molar-refractivity contribution in [1.82, 2.24) is 10.3 Å². The second-order valence-electron chi connectivity index (χ2n) is 5.66. The monoisotopic (exact) mass is 477 g/mol. The summed E-state index contributed by atoms with van der Waals surface area (Å²) in [6, 6.07) is 3.21. The van der Waals surface area contributed by atoms with E-state index in [0.717, 1.165) is 25.9 Å². The van der Waals surface area contributed by atoms with Gasteiger partial charge in [0.1, 0.15) is 11.2 Å². The Morgan fingerprint density at radius 3 is 2.63 bits per heavy atom. The van der Waals surface area contributed by atoms with Gasteiger partial charge in [-0.2, -0.15) is 5.26 Å². The standard InChI is InChI=1S/C14H12BrCl2FN4O2.C2H3N/c15-9-8(16)5-7-11(10(9)18)21-14(17)13(22(23)24)12(7)20-6-1-3-19-4-2-6;1-2-3/h5-6,19H,1-4H2,(H,20,21);1H3. The maximum Gasteiger partial charge on any atom is 0.329 e. The molecule has 1 fully saturated rings. The maximum absolute atomic E-state index is 14.5. The van der Waals surface area contributed by atoms with Gasteiger partial charge in [-0.1, -0.05) is 23.2 Å². The second-order valence-corrected chi connectivity index (χ2v) is 7.22. The van der Waals surface area contributed by atoms with Gasteiger partial charge >= 0.3 is 5.69 Å². The molecule has 0 radical (unpaired) electrons. The van der Waals surface area contributed by atoms with Gasteiger partial charge in [-0.25, -0.2) is 9.37 Å². The number of piperidine rings is 1. The third-order valence-corrected chi connectivity index (χ3v) is 5.48. The Morgan fingerprint density at radius 1 is 1.48 bits per heavy atom. The molecule has 0 saturated carbocycles. The number of nitriles is 1. The van der Waals surface area contributed by atoms with Crippen molar-refractivity contribution in [1.29, 1.82) is 5.26 Å². The number of nitro groups is 1. The van der Waals surface area contributed by atoms with Crippen molar-refractivity contribution in [2.45, 2.75) is 25.8 Å². The minimum Gasteiger partial charge on any atom is -0.376 e. The first-order valence-corrected chi connectivity index (χ1v) is 9.45. The van der Waals surface area contributed by atoms with Crippen LogP contribution < -0.4 is 10.6 Å². The Hall–Kier alpha value is -1.73. The Labute approximate surface area is 173 Å². The van der Waals surface area contributed by atoms with Gasteiger partial charge < -0.3 is 10.6 Å². The number of nitrogens with one attached hydrogen (secondary N) is 2. The van der Waals surface area contributed by atoms with Gasteiger partial charge in [0.25, 0.3) is 0 Å². The molecular formula is C16H15BrCl2FN5O2. The van der Waals surface area contributed by atoms with Crippen LogP contribution in [-0.2, 0) is 0 Å². The van der Waals surface area contributed by atoms with Gasteiger partial charge in [0.2, 0.25) is 5.15 Å². The number of benzene rings is 1. The summed E-state index contributed by atoms with van der Waals surface area (Å²) in [5, 5.41) is 25.1. The van der Waals surface area contributed by atoms with E-state index < -0.39 is 10.7 Å². The van der Waals surface area contributed by atoms with Gasteiger partial charge in [0.05, 0.1) is 20.5 Å². The molecule has 2 N–H and O–H groups in total. The number of rotatable bonds is 3. The van der Waals surface area contributed by atoms with Gasteiger partial charge in [-0.3, -0.25) is 10.1 Å². The fourth-order valence-electron chi connectivity index (χ4n) is 2.75. The van der Waals surface area contributed by atoms with Gasteiger partial charge in [-0.15, -0.1) is 0 Å². The Morgan fingerprint density at radius 2 is 2.07 bits per heavy atom. The van der Waals surface area contributed by atoms with Crippen LogP contribution in [0.1, 0.15) is 19.8 Å². The van der Waals surface area contributed by atoms with E-state index in [-0.39, 0.29) is 43.0 Å². The average molecular weight is 479 g/mol. The smallest absolute Gasteiger partial charge is 0.329 e. The summed E-state index contributed by atoms with van der Waals surface area (Å²) >= 11 is 15.0. The molecule has 3 rings (SSSR count). The van der Waals surface area contributed by atoms with Crippen molar-refractivity contribution < 1.29 is 9.31 Å². The minimum atomic E-state index is -0.706. The Kier molecular flexibility index (Phi) is 7.56. The number of anilines is 1. The van der Waals surface area contributed by atoms with E-state index in [4.69, 9.17) is 28.5 Å². The molecule has 1 aromatic heterocycles. The van der Waals surface area contributed by atoms with E-state index in [9.17, 15) is 14.5 Å². The largest absolute Gasteiger partial charge is 0.376 e. The molecule has 0 aliphatic carbocycles. The molecule has 1 saturated heterocycles. The number of fused-ring (bicyclic) bond motifs is 1. The normalized spacial score (nSPS) is 14.2. The molecule has 0 bridgehead atoms. The van der Waals surface area contributed by atoms with Crippen molar-refractivity contribution in [2.24, 2.45) is 0 Å². The predicted molar refractivity (Wildman–Crippen MR) is 107 cm³/mol. The SMILES string of the molecule is CC#N.O=[N+]([O-])c1c(Cl)nc2c(F)c(Br)c(Cl)cc2c1NC1CCNCC1. The molecule has 2 heterocycles. The number of hydrogen-bond acceptors (Lipinski definition) is 6. The summed E-state index contributed by atoms with van der Waals surface area (Å²) in [5.74, 6) is -0.706. The van der Waals surface area contributed by atoms with Gasteiger partial charge in [0, 0.05) is 18.4 Å².